The molecule has 0 spiro atoms. The minimum absolute atomic E-state index is 0.0184. The van der Waals surface area contributed by atoms with Crippen molar-refractivity contribution in [3.05, 3.63) is 89.2 Å². The summed E-state index contributed by atoms with van der Waals surface area (Å²) in [6.45, 7) is 13.5. The zero-order valence-corrected chi connectivity index (χ0v) is 25.5. The summed E-state index contributed by atoms with van der Waals surface area (Å²) in [5.41, 5.74) is 7.12. The summed E-state index contributed by atoms with van der Waals surface area (Å²) < 4.78 is 0. The number of rotatable bonds is 9. The highest BCUT2D eigenvalue weighted by molar-refractivity contribution is 5.94. The Morgan fingerprint density at radius 1 is 1.07 bits per heavy atom. The number of pyridine rings is 1. The molecule has 220 valence electrons. The van der Waals surface area contributed by atoms with Crippen molar-refractivity contribution in [3.63, 3.8) is 0 Å². The van der Waals surface area contributed by atoms with Crippen LogP contribution in [0.5, 0.6) is 0 Å². The van der Waals surface area contributed by atoms with Crippen LogP contribution in [0.2, 0.25) is 0 Å². The fraction of sp³-hybridized carbons (Fsp3) is 0.400. The highest BCUT2D eigenvalue weighted by Gasteiger charge is 2.33. The number of H-pyrrole nitrogens is 1. The second-order valence-corrected chi connectivity index (χ2v) is 11.9. The summed E-state index contributed by atoms with van der Waals surface area (Å²) in [4.78, 5) is 38.2. The first-order valence-corrected chi connectivity index (χ1v) is 15.2. The molecule has 2 N–H and O–H groups in total. The van der Waals surface area contributed by atoms with Crippen molar-refractivity contribution in [1.29, 1.82) is 0 Å². The average molecular weight is 566 g/mol. The smallest absolute Gasteiger partial charge is 0.317 e. The Morgan fingerprint density at radius 3 is 2.55 bits per heavy atom. The van der Waals surface area contributed by atoms with Gasteiger partial charge in [0.25, 0.3) is 0 Å². The molecule has 0 bridgehead atoms. The number of likely N-dealkylation sites (tertiary alicyclic amines) is 1. The van der Waals surface area contributed by atoms with Crippen LogP contribution in [-0.4, -0.2) is 64.4 Å². The Bertz CT molecular complexity index is 1550. The third kappa shape index (κ3) is 5.91. The number of amides is 3. The molecule has 1 unspecified atom stereocenters. The van der Waals surface area contributed by atoms with Gasteiger partial charge in [-0.1, -0.05) is 29.8 Å². The van der Waals surface area contributed by atoms with Gasteiger partial charge in [-0.2, -0.15) is 0 Å². The number of benzene rings is 2. The van der Waals surface area contributed by atoms with E-state index in [0.717, 1.165) is 52.8 Å². The minimum atomic E-state index is -0.659. The third-order valence-electron chi connectivity index (χ3n) is 8.82. The molecule has 4 aromatic rings. The highest BCUT2D eigenvalue weighted by Crippen LogP contribution is 2.35. The topological polar surface area (TPSA) is 81.3 Å². The fourth-order valence-electron chi connectivity index (χ4n) is 6.23. The van der Waals surface area contributed by atoms with E-state index in [1.165, 1.54) is 11.1 Å². The third-order valence-corrected chi connectivity index (χ3v) is 8.82. The molecule has 1 saturated heterocycles. The minimum Gasteiger partial charge on any atom is -0.354 e. The first kappa shape index (κ1) is 29.4. The number of hydrogen-bond acceptors (Lipinski definition) is 3. The van der Waals surface area contributed by atoms with Crippen LogP contribution in [0.4, 0.5) is 4.79 Å². The normalized spacial score (nSPS) is 15.3. The first-order chi connectivity index (χ1) is 20.2. The SMILES string of the molecule is CCN(CC)C(=O)C(C)(C)c1ccc2[nH]c(-c3cccc(C)c3)c(CCNC(=O)N3CCC(c4ccncc4)C3)c2c1. The summed E-state index contributed by atoms with van der Waals surface area (Å²) in [6, 6.07) is 18.9. The Hall–Kier alpha value is -4.13. The number of fused-ring (bicyclic) bond motifs is 1. The second-order valence-electron chi connectivity index (χ2n) is 11.9. The van der Waals surface area contributed by atoms with E-state index in [9.17, 15) is 9.59 Å². The number of urea groups is 1. The maximum atomic E-state index is 13.5. The molecule has 0 radical (unpaired) electrons. The lowest BCUT2D eigenvalue weighted by Crippen LogP contribution is -2.43. The van der Waals surface area contributed by atoms with E-state index < -0.39 is 5.41 Å². The van der Waals surface area contributed by atoms with Gasteiger partial charge in [-0.25, -0.2) is 4.79 Å². The molecule has 42 heavy (non-hydrogen) atoms. The molecule has 5 rings (SSSR count). The molecule has 1 atom stereocenters. The standard InChI is InChI=1S/C35H43N5O2/c1-6-39(7-2)33(41)35(4,5)28-11-12-31-30(22-28)29(32(38-31)26-10-8-9-24(3)21-26)15-19-37-34(42)40-20-16-27(23-40)25-13-17-36-18-14-25/h8-14,17-18,21-22,27,38H,6-7,15-16,19-20,23H2,1-5H3,(H,37,42). The van der Waals surface area contributed by atoms with Crippen LogP contribution in [-0.2, 0) is 16.6 Å². The zero-order chi connectivity index (χ0) is 29.9. The lowest BCUT2D eigenvalue weighted by molar-refractivity contribution is -0.135. The molecule has 0 aliphatic carbocycles. The van der Waals surface area contributed by atoms with Gasteiger partial charge in [-0.05, 0) is 100 Å². The molecule has 3 amide bonds. The molecule has 1 fully saturated rings. The monoisotopic (exact) mass is 565 g/mol. The van der Waals surface area contributed by atoms with Crippen LogP contribution in [0, 0.1) is 6.92 Å². The van der Waals surface area contributed by atoms with Gasteiger partial charge in [0, 0.05) is 67.6 Å². The summed E-state index contributed by atoms with van der Waals surface area (Å²) in [5.74, 6) is 0.479. The fourth-order valence-corrected chi connectivity index (χ4v) is 6.23. The van der Waals surface area contributed by atoms with Crippen molar-refractivity contribution >= 4 is 22.8 Å². The van der Waals surface area contributed by atoms with Crippen LogP contribution in [0.3, 0.4) is 0 Å². The van der Waals surface area contributed by atoms with Gasteiger partial charge in [-0.3, -0.25) is 9.78 Å². The van der Waals surface area contributed by atoms with Gasteiger partial charge < -0.3 is 20.1 Å². The van der Waals surface area contributed by atoms with Crippen molar-refractivity contribution in [3.8, 4) is 11.3 Å². The van der Waals surface area contributed by atoms with Crippen molar-refractivity contribution in [1.82, 2.24) is 25.1 Å². The van der Waals surface area contributed by atoms with Crippen LogP contribution >= 0.6 is 0 Å². The predicted molar refractivity (Wildman–Crippen MR) is 170 cm³/mol. The van der Waals surface area contributed by atoms with E-state index in [0.29, 0.717) is 32.0 Å². The number of nitrogens with one attached hydrogen (secondary N) is 2. The first-order valence-electron chi connectivity index (χ1n) is 15.2. The van der Waals surface area contributed by atoms with Gasteiger partial charge in [0.05, 0.1) is 5.41 Å². The van der Waals surface area contributed by atoms with Crippen LogP contribution < -0.4 is 5.32 Å². The second kappa shape index (κ2) is 12.4. The quantitative estimate of drug-likeness (QED) is 0.246. The largest absolute Gasteiger partial charge is 0.354 e. The molecule has 7 heteroatoms. The summed E-state index contributed by atoms with van der Waals surface area (Å²) >= 11 is 0. The summed E-state index contributed by atoms with van der Waals surface area (Å²) in [6.07, 6.45) is 5.26. The average Bonchev–Trinajstić information content (AvgIpc) is 3.64. The van der Waals surface area contributed by atoms with Gasteiger partial charge in [-0.15, -0.1) is 0 Å². The molecular weight excluding hydrogens is 522 g/mol. The van der Waals surface area contributed by atoms with Crippen molar-refractivity contribution in [2.75, 3.05) is 32.7 Å². The summed E-state index contributed by atoms with van der Waals surface area (Å²) in [5, 5.41) is 4.28. The van der Waals surface area contributed by atoms with Gasteiger partial charge >= 0.3 is 6.03 Å². The number of aromatic nitrogens is 2. The van der Waals surface area contributed by atoms with Crippen molar-refractivity contribution in [2.45, 2.75) is 58.8 Å². The summed E-state index contributed by atoms with van der Waals surface area (Å²) in [7, 11) is 0. The number of likely N-dealkylation sites (N-methyl/N-ethyl adjacent to an activating group) is 1. The lowest BCUT2D eigenvalue weighted by Gasteiger charge is -2.31. The number of nitrogens with zero attached hydrogens (tertiary/aromatic N) is 3. The molecule has 7 nitrogen and oxygen atoms in total. The van der Waals surface area contributed by atoms with Crippen LogP contribution in [0.1, 0.15) is 62.3 Å². The lowest BCUT2D eigenvalue weighted by atomic mass is 9.82. The van der Waals surface area contributed by atoms with Crippen molar-refractivity contribution in [2.24, 2.45) is 0 Å². The number of aromatic amines is 1. The van der Waals surface area contributed by atoms with E-state index in [1.807, 2.05) is 62.0 Å². The zero-order valence-electron chi connectivity index (χ0n) is 25.5. The molecular formula is C35H43N5O2. The molecule has 2 aromatic carbocycles. The van der Waals surface area contributed by atoms with E-state index in [1.54, 1.807) is 0 Å². The maximum absolute atomic E-state index is 13.5. The molecule has 0 saturated carbocycles. The molecule has 1 aliphatic rings. The number of carbonyl (C=O) groups is 2. The molecule has 3 heterocycles. The number of carbonyl (C=O) groups excluding carboxylic acids is 2. The Morgan fingerprint density at radius 2 is 1.83 bits per heavy atom. The Balaban J connectivity index is 1.39. The molecule has 1 aliphatic heterocycles. The number of aryl methyl sites for hydroxylation is 1. The van der Waals surface area contributed by atoms with Gasteiger partial charge in [0.1, 0.15) is 0 Å². The van der Waals surface area contributed by atoms with Crippen LogP contribution in [0.25, 0.3) is 22.2 Å². The van der Waals surface area contributed by atoms with Gasteiger partial charge in [0.2, 0.25) is 5.91 Å². The predicted octanol–water partition coefficient (Wildman–Crippen LogP) is 6.43. The highest BCUT2D eigenvalue weighted by atomic mass is 16.2. The maximum Gasteiger partial charge on any atom is 0.317 e. The Labute approximate surface area is 249 Å². The van der Waals surface area contributed by atoms with E-state index >= 15 is 0 Å². The van der Waals surface area contributed by atoms with Gasteiger partial charge in [0.15, 0.2) is 0 Å². The van der Waals surface area contributed by atoms with Crippen LogP contribution in [0.15, 0.2) is 67.0 Å². The van der Waals surface area contributed by atoms with E-state index in [4.69, 9.17) is 0 Å². The van der Waals surface area contributed by atoms with Crippen molar-refractivity contribution < 1.29 is 9.59 Å². The number of hydrogen-bond donors (Lipinski definition) is 2. The Kier molecular flexibility index (Phi) is 8.66. The van der Waals surface area contributed by atoms with E-state index in [2.05, 4.69) is 64.7 Å². The molecule has 2 aromatic heterocycles. The van der Waals surface area contributed by atoms with E-state index in [-0.39, 0.29) is 11.9 Å².